The van der Waals surface area contributed by atoms with Crippen molar-refractivity contribution in [3.05, 3.63) is 24.3 Å². The second-order valence-electron chi connectivity index (χ2n) is 3.84. The predicted octanol–water partition coefficient (Wildman–Crippen LogP) is 2.43. The van der Waals surface area contributed by atoms with E-state index in [-0.39, 0.29) is 11.4 Å². The first-order valence-corrected chi connectivity index (χ1v) is 5.58. The number of benzene rings is 1. The average Bonchev–Trinajstić information content (AvgIpc) is 2.34. The number of carboxylic acids is 1. The lowest BCUT2D eigenvalue weighted by Crippen LogP contribution is -2.17. The molecule has 1 aromatic carbocycles. The summed E-state index contributed by atoms with van der Waals surface area (Å²) >= 11 is 0. The number of hydrogen-bond acceptors (Lipinski definition) is 3. The first kappa shape index (κ1) is 15.8. The Hall–Kier alpha value is -2.25. The van der Waals surface area contributed by atoms with Crippen LogP contribution in [0.3, 0.4) is 0 Å². The lowest BCUT2D eigenvalue weighted by molar-refractivity contribution is -0.142. The molecule has 0 aliphatic heterocycles. The molecule has 8 heteroatoms. The van der Waals surface area contributed by atoms with Crippen molar-refractivity contribution in [3.63, 3.8) is 0 Å². The molecule has 1 rings (SSSR count). The molecule has 0 radical (unpaired) electrons. The topological polar surface area (TPSA) is 75.6 Å². The van der Waals surface area contributed by atoms with Crippen LogP contribution in [0, 0.1) is 0 Å². The third-order valence-electron chi connectivity index (χ3n) is 2.15. The molecule has 0 bridgehead atoms. The fraction of sp³-hybridized carbons (Fsp3) is 0.333. The van der Waals surface area contributed by atoms with E-state index in [1.807, 2.05) is 0 Å². The molecule has 0 atom stereocenters. The van der Waals surface area contributed by atoms with Crippen LogP contribution in [-0.4, -0.2) is 29.8 Å². The van der Waals surface area contributed by atoms with Crippen molar-refractivity contribution in [2.24, 2.45) is 0 Å². The summed E-state index contributed by atoms with van der Waals surface area (Å²) in [6.45, 7) is -0.616. The third kappa shape index (κ3) is 6.07. The number of hydrogen-bond donors (Lipinski definition) is 2. The van der Waals surface area contributed by atoms with Crippen LogP contribution in [-0.2, 0) is 9.59 Å². The first-order valence-electron chi connectivity index (χ1n) is 5.58. The highest BCUT2D eigenvalue weighted by atomic mass is 19.4. The molecule has 20 heavy (non-hydrogen) atoms. The van der Waals surface area contributed by atoms with Crippen LogP contribution in [0.5, 0.6) is 5.75 Å². The number of ether oxygens (including phenoxy) is 1. The van der Waals surface area contributed by atoms with E-state index in [1.165, 1.54) is 18.2 Å². The number of nitrogens with one attached hydrogen (secondary N) is 1. The Bertz CT molecular complexity index is 488. The zero-order valence-corrected chi connectivity index (χ0v) is 10.2. The summed E-state index contributed by atoms with van der Waals surface area (Å²) in [6.07, 6.45) is -6.34. The van der Waals surface area contributed by atoms with Gasteiger partial charge in [-0.15, -0.1) is 0 Å². The fourth-order valence-corrected chi connectivity index (χ4v) is 1.30. The van der Waals surface area contributed by atoms with Crippen LogP contribution in [0.15, 0.2) is 24.3 Å². The Morgan fingerprint density at radius 3 is 2.50 bits per heavy atom. The van der Waals surface area contributed by atoms with Gasteiger partial charge < -0.3 is 15.2 Å². The van der Waals surface area contributed by atoms with Gasteiger partial charge in [-0.2, -0.15) is 13.2 Å². The maximum absolute atomic E-state index is 12.0. The summed E-state index contributed by atoms with van der Waals surface area (Å²) in [5.74, 6) is -1.95. The summed E-state index contributed by atoms with van der Waals surface area (Å²) in [4.78, 5) is 21.7. The van der Waals surface area contributed by atoms with Crippen LogP contribution in [0.2, 0.25) is 0 Å². The number of aliphatic carboxylic acids is 1. The third-order valence-corrected chi connectivity index (χ3v) is 2.15. The van der Waals surface area contributed by atoms with Crippen LogP contribution in [0.25, 0.3) is 0 Å². The van der Waals surface area contributed by atoms with Crippen molar-refractivity contribution in [1.82, 2.24) is 0 Å². The lowest BCUT2D eigenvalue weighted by Gasteiger charge is -2.11. The SMILES string of the molecule is O=C(O)COc1ccccc1NC(=O)CCC(F)(F)F. The molecule has 1 aromatic rings. The van der Waals surface area contributed by atoms with Gasteiger partial charge in [-0.1, -0.05) is 12.1 Å². The molecule has 0 saturated heterocycles. The number of carboxylic acid groups (broad SMARTS) is 1. The number of alkyl halides is 3. The minimum atomic E-state index is -4.41. The van der Waals surface area contributed by atoms with E-state index in [0.717, 1.165) is 0 Å². The zero-order chi connectivity index (χ0) is 15.2. The minimum absolute atomic E-state index is 0.0789. The van der Waals surface area contributed by atoms with Crippen LogP contribution < -0.4 is 10.1 Å². The van der Waals surface area contributed by atoms with Gasteiger partial charge >= 0.3 is 12.1 Å². The van der Waals surface area contributed by atoms with E-state index in [4.69, 9.17) is 9.84 Å². The number of amides is 1. The van der Waals surface area contributed by atoms with Crippen molar-refractivity contribution in [2.75, 3.05) is 11.9 Å². The van der Waals surface area contributed by atoms with Gasteiger partial charge in [0.2, 0.25) is 5.91 Å². The maximum Gasteiger partial charge on any atom is 0.389 e. The number of carbonyl (C=O) groups excluding carboxylic acids is 1. The van der Waals surface area contributed by atoms with Crippen LogP contribution in [0.4, 0.5) is 18.9 Å². The molecule has 0 aromatic heterocycles. The summed E-state index contributed by atoms with van der Waals surface area (Å²) in [7, 11) is 0. The van der Waals surface area contributed by atoms with Crippen molar-refractivity contribution in [2.45, 2.75) is 19.0 Å². The van der Waals surface area contributed by atoms with Gasteiger partial charge in [-0.05, 0) is 12.1 Å². The smallest absolute Gasteiger partial charge is 0.389 e. The summed E-state index contributed by atoms with van der Waals surface area (Å²) in [5.41, 5.74) is 0.126. The van der Waals surface area contributed by atoms with Gasteiger partial charge in [0.25, 0.3) is 0 Å². The highest BCUT2D eigenvalue weighted by molar-refractivity contribution is 5.92. The average molecular weight is 291 g/mol. The molecule has 0 aliphatic carbocycles. The summed E-state index contributed by atoms with van der Waals surface area (Å²) in [5, 5.41) is 10.7. The second-order valence-corrected chi connectivity index (χ2v) is 3.84. The highest BCUT2D eigenvalue weighted by Gasteiger charge is 2.28. The molecule has 1 amide bonds. The number of para-hydroxylation sites is 2. The Labute approximate surface area is 112 Å². The van der Waals surface area contributed by atoms with Gasteiger partial charge in [0.1, 0.15) is 5.75 Å². The van der Waals surface area contributed by atoms with E-state index < -0.39 is 37.5 Å². The first-order chi connectivity index (χ1) is 9.28. The number of carbonyl (C=O) groups is 2. The van der Waals surface area contributed by atoms with Gasteiger partial charge in [0.15, 0.2) is 6.61 Å². The van der Waals surface area contributed by atoms with Crippen molar-refractivity contribution < 1.29 is 32.6 Å². The molecule has 0 unspecified atom stereocenters. The van der Waals surface area contributed by atoms with Gasteiger partial charge in [0, 0.05) is 6.42 Å². The Balaban J connectivity index is 2.62. The van der Waals surface area contributed by atoms with Crippen molar-refractivity contribution in [3.8, 4) is 5.75 Å². The van der Waals surface area contributed by atoms with E-state index in [0.29, 0.717) is 0 Å². The molecule has 0 heterocycles. The van der Waals surface area contributed by atoms with E-state index in [2.05, 4.69) is 5.32 Å². The molecule has 0 fully saturated rings. The minimum Gasteiger partial charge on any atom is -0.480 e. The normalized spacial score (nSPS) is 10.9. The lowest BCUT2D eigenvalue weighted by atomic mass is 10.2. The van der Waals surface area contributed by atoms with E-state index in [1.54, 1.807) is 6.07 Å². The fourth-order valence-electron chi connectivity index (χ4n) is 1.30. The van der Waals surface area contributed by atoms with Gasteiger partial charge in [-0.25, -0.2) is 4.79 Å². The summed E-state index contributed by atoms with van der Waals surface area (Å²) < 4.78 is 40.8. The number of halogens is 3. The highest BCUT2D eigenvalue weighted by Crippen LogP contribution is 2.25. The molecular weight excluding hydrogens is 279 g/mol. The van der Waals surface area contributed by atoms with E-state index >= 15 is 0 Å². The Kier molecular flexibility index (Phi) is 5.36. The molecule has 0 saturated carbocycles. The van der Waals surface area contributed by atoms with Crippen LogP contribution >= 0.6 is 0 Å². The second kappa shape index (κ2) is 6.78. The van der Waals surface area contributed by atoms with Crippen LogP contribution in [0.1, 0.15) is 12.8 Å². The molecule has 2 N–H and O–H groups in total. The Morgan fingerprint density at radius 2 is 1.90 bits per heavy atom. The van der Waals surface area contributed by atoms with E-state index in [9.17, 15) is 22.8 Å². The standard InChI is InChI=1S/C12H12F3NO4/c13-12(14,15)6-5-10(17)16-8-3-1-2-4-9(8)20-7-11(18)19/h1-4H,5-7H2,(H,16,17)(H,18,19). The summed E-state index contributed by atoms with van der Waals surface area (Å²) in [6, 6.07) is 5.89. The quantitative estimate of drug-likeness (QED) is 0.844. The molecule has 110 valence electrons. The van der Waals surface area contributed by atoms with Crippen molar-refractivity contribution in [1.29, 1.82) is 0 Å². The molecule has 5 nitrogen and oxygen atoms in total. The molecule has 0 aliphatic rings. The van der Waals surface area contributed by atoms with Gasteiger partial charge in [0.05, 0.1) is 12.1 Å². The van der Waals surface area contributed by atoms with Gasteiger partial charge in [-0.3, -0.25) is 4.79 Å². The maximum atomic E-state index is 12.0. The Morgan fingerprint density at radius 1 is 1.25 bits per heavy atom. The molecule has 0 spiro atoms. The predicted molar refractivity (Wildman–Crippen MR) is 63.5 cm³/mol. The molecular formula is C12H12F3NO4. The number of rotatable bonds is 6. The zero-order valence-electron chi connectivity index (χ0n) is 10.2. The monoisotopic (exact) mass is 291 g/mol. The van der Waals surface area contributed by atoms with Crippen molar-refractivity contribution >= 4 is 17.6 Å². The number of anilines is 1. The largest absolute Gasteiger partial charge is 0.480 e.